The van der Waals surface area contributed by atoms with Gasteiger partial charge in [-0.3, -0.25) is 19.7 Å². The lowest BCUT2D eigenvalue weighted by Crippen LogP contribution is -2.34. The van der Waals surface area contributed by atoms with Crippen molar-refractivity contribution < 1.29 is 14.5 Å². The van der Waals surface area contributed by atoms with Gasteiger partial charge in [-0.05, 0) is 12.0 Å². The zero-order valence-corrected chi connectivity index (χ0v) is 10.9. The molecule has 0 saturated carbocycles. The minimum absolute atomic E-state index is 0.0274. The molecule has 0 aromatic heterocycles. The van der Waals surface area contributed by atoms with Crippen LogP contribution in [0, 0.1) is 16.0 Å². The molecule has 2 rings (SSSR count). The Morgan fingerprint density at radius 3 is 2.68 bits per heavy atom. The molecule has 1 aromatic carbocycles. The van der Waals surface area contributed by atoms with Gasteiger partial charge in [0.25, 0.3) is 17.4 Å². The standard InChI is InChI=1S/C12H11ClN2O4/c1-7(5-13)6-14-10-3-2-8(15(18)19)4-9(10)11(16)12(14)17/h2-4,7H,5-6H2,1H3. The zero-order chi connectivity index (χ0) is 14.2. The van der Waals surface area contributed by atoms with Crippen molar-refractivity contribution in [1.29, 1.82) is 0 Å². The number of Topliss-reactive ketones (excluding diaryl/α,β-unsaturated/α-hetero) is 1. The van der Waals surface area contributed by atoms with E-state index in [0.29, 0.717) is 18.1 Å². The number of hydrogen-bond acceptors (Lipinski definition) is 4. The summed E-state index contributed by atoms with van der Waals surface area (Å²) in [6.07, 6.45) is 0. The van der Waals surface area contributed by atoms with Gasteiger partial charge in [0.2, 0.25) is 0 Å². The number of nitrogens with zero attached hydrogens (tertiary/aromatic N) is 2. The fourth-order valence-electron chi connectivity index (χ4n) is 1.94. The average Bonchev–Trinajstić information content (AvgIpc) is 2.63. The number of rotatable bonds is 4. The summed E-state index contributed by atoms with van der Waals surface area (Å²) >= 11 is 5.70. The van der Waals surface area contributed by atoms with Crippen LogP contribution in [0.5, 0.6) is 0 Å². The number of carbonyl (C=O) groups is 2. The van der Waals surface area contributed by atoms with E-state index in [1.807, 2.05) is 6.92 Å². The molecule has 1 aliphatic rings. The fraction of sp³-hybridized carbons (Fsp3) is 0.333. The third kappa shape index (κ3) is 2.31. The number of non-ortho nitro benzene ring substituents is 1. The summed E-state index contributed by atoms with van der Waals surface area (Å²) in [6, 6.07) is 3.85. The molecule has 0 bridgehead atoms. The highest BCUT2D eigenvalue weighted by Gasteiger charge is 2.37. The molecule has 1 aromatic rings. The Balaban J connectivity index is 2.41. The van der Waals surface area contributed by atoms with Crippen LogP contribution in [0.15, 0.2) is 18.2 Å². The van der Waals surface area contributed by atoms with Gasteiger partial charge < -0.3 is 4.90 Å². The number of ketones is 1. The minimum Gasteiger partial charge on any atom is -0.304 e. The van der Waals surface area contributed by atoms with Crippen LogP contribution in [0.4, 0.5) is 11.4 Å². The lowest BCUT2D eigenvalue weighted by Gasteiger charge is -2.19. The largest absolute Gasteiger partial charge is 0.304 e. The minimum atomic E-state index is -0.708. The monoisotopic (exact) mass is 282 g/mol. The van der Waals surface area contributed by atoms with Gasteiger partial charge in [0.05, 0.1) is 16.2 Å². The van der Waals surface area contributed by atoms with Crippen molar-refractivity contribution in [3.63, 3.8) is 0 Å². The molecule has 0 N–H and O–H groups in total. The van der Waals surface area contributed by atoms with Crippen LogP contribution in [0.2, 0.25) is 0 Å². The lowest BCUT2D eigenvalue weighted by atomic mass is 10.1. The maximum absolute atomic E-state index is 11.9. The molecule has 1 atom stereocenters. The highest BCUT2D eigenvalue weighted by atomic mass is 35.5. The molecule has 100 valence electrons. The number of nitro groups is 1. The van der Waals surface area contributed by atoms with Gasteiger partial charge in [-0.25, -0.2) is 0 Å². The van der Waals surface area contributed by atoms with Crippen LogP contribution in [0.25, 0.3) is 0 Å². The maximum Gasteiger partial charge on any atom is 0.299 e. The van der Waals surface area contributed by atoms with Gasteiger partial charge in [0, 0.05) is 24.6 Å². The number of alkyl halides is 1. The second-order valence-corrected chi connectivity index (χ2v) is 4.77. The SMILES string of the molecule is CC(CCl)CN1C(=O)C(=O)c2cc([N+](=O)[O-])ccc21. The van der Waals surface area contributed by atoms with E-state index in [1.54, 1.807) is 0 Å². The Bertz CT molecular complexity index is 573. The number of benzene rings is 1. The van der Waals surface area contributed by atoms with Crippen LogP contribution < -0.4 is 4.90 Å². The fourth-order valence-corrected chi connectivity index (χ4v) is 2.04. The van der Waals surface area contributed by atoms with E-state index in [0.717, 1.165) is 6.07 Å². The molecule has 0 saturated heterocycles. The van der Waals surface area contributed by atoms with Crippen molar-refractivity contribution in [2.45, 2.75) is 6.92 Å². The number of anilines is 1. The highest BCUT2D eigenvalue weighted by Crippen LogP contribution is 2.32. The summed E-state index contributed by atoms with van der Waals surface area (Å²) in [5.41, 5.74) is 0.297. The summed E-state index contributed by atoms with van der Waals surface area (Å²) in [5, 5.41) is 10.7. The smallest absolute Gasteiger partial charge is 0.299 e. The molecule has 0 spiro atoms. The molecular weight excluding hydrogens is 272 g/mol. The molecular formula is C12H11ClN2O4. The van der Waals surface area contributed by atoms with Crippen molar-refractivity contribution >= 4 is 34.7 Å². The van der Waals surface area contributed by atoms with E-state index in [1.165, 1.54) is 17.0 Å². The average molecular weight is 283 g/mol. The van der Waals surface area contributed by atoms with Gasteiger partial charge in [-0.1, -0.05) is 6.92 Å². The molecule has 1 heterocycles. The second kappa shape index (κ2) is 4.97. The zero-order valence-electron chi connectivity index (χ0n) is 10.1. The summed E-state index contributed by atoms with van der Waals surface area (Å²) in [6.45, 7) is 2.17. The predicted octanol–water partition coefficient (Wildman–Crippen LogP) is 2.00. The molecule has 1 unspecified atom stereocenters. The topological polar surface area (TPSA) is 80.5 Å². The summed E-state index contributed by atoms with van der Waals surface area (Å²) in [5.74, 6) is -0.979. The first-order chi connectivity index (χ1) is 8.95. The normalized spacial score (nSPS) is 15.6. The van der Waals surface area contributed by atoms with Crippen molar-refractivity contribution in [2.24, 2.45) is 5.92 Å². The van der Waals surface area contributed by atoms with E-state index in [-0.39, 0.29) is 17.2 Å². The number of carbonyl (C=O) groups excluding carboxylic acids is 2. The first-order valence-electron chi connectivity index (χ1n) is 5.66. The molecule has 7 heteroatoms. The summed E-state index contributed by atoms with van der Waals surface area (Å²) in [7, 11) is 0. The molecule has 1 aliphatic heterocycles. The van der Waals surface area contributed by atoms with Gasteiger partial charge in [0.1, 0.15) is 0 Å². The van der Waals surface area contributed by atoms with E-state index < -0.39 is 16.6 Å². The van der Waals surface area contributed by atoms with Gasteiger partial charge in [-0.2, -0.15) is 0 Å². The second-order valence-electron chi connectivity index (χ2n) is 4.46. The van der Waals surface area contributed by atoms with Crippen LogP contribution in [-0.4, -0.2) is 29.0 Å². The summed E-state index contributed by atoms with van der Waals surface area (Å²) in [4.78, 5) is 35.1. The maximum atomic E-state index is 11.9. The van der Waals surface area contributed by atoms with E-state index in [2.05, 4.69) is 0 Å². The van der Waals surface area contributed by atoms with Crippen molar-refractivity contribution in [2.75, 3.05) is 17.3 Å². The van der Waals surface area contributed by atoms with Crippen molar-refractivity contribution in [3.05, 3.63) is 33.9 Å². The summed E-state index contributed by atoms with van der Waals surface area (Å²) < 4.78 is 0. The predicted molar refractivity (Wildman–Crippen MR) is 69.7 cm³/mol. The van der Waals surface area contributed by atoms with E-state index >= 15 is 0 Å². The first kappa shape index (κ1) is 13.5. The van der Waals surface area contributed by atoms with Crippen LogP contribution >= 0.6 is 11.6 Å². The van der Waals surface area contributed by atoms with E-state index in [9.17, 15) is 19.7 Å². The molecule has 6 nitrogen and oxygen atoms in total. The van der Waals surface area contributed by atoms with Crippen LogP contribution in [-0.2, 0) is 4.79 Å². The molecule has 0 radical (unpaired) electrons. The lowest BCUT2D eigenvalue weighted by molar-refractivity contribution is -0.384. The van der Waals surface area contributed by atoms with E-state index in [4.69, 9.17) is 11.6 Å². The Hall–Kier alpha value is -1.95. The molecule has 0 fully saturated rings. The Morgan fingerprint density at radius 1 is 1.42 bits per heavy atom. The Labute approximate surface area is 114 Å². The molecule has 0 aliphatic carbocycles. The van der Waals surface area contributed by atoms with Crippen molar-refractivity contribution in [1.82, 2.24) is 0 Å². The Kier molecular flexibility index (Phi) is 3.53. The van der Waals surface area contributed by atoms with Gasteiger partial charge in [-0.15, -0.1) is 11.6 Å². The number of hydrogen-bond donors (Lipinski definition) is 0. The molecule has 19 heavy (non-hydrogen) atoms. The number of amides is 1. The molecule has 1 amide bonds. The number of fused-ring (bicyclic) bond motifs is 1. The number of halogens is 1. The van der Waals surface area contributed by atoms with Gasteiger partial charge >= 0.3 is 0 Å². The van der Waals surface area contributed by atoms with Crippen molar-refractivity contribution in [3.8, 4) is 0 Å². The Morgan fingerprint density at radius 2 is 2.11 bits per heavy atom. The first-order valence-corrected chi connectivity index (χ1v) is 6.19. The van der Waals surface area contributed by atoms with Crippen LogP contribution in [0.3, 0.4) is 0 Å². The quantitative estimate of drug-likeness (QED) is 0.366. The van der Waals surface area contributed by atoms with Crippen LogP contribution in [0.1, 0.15) is 17.3 Å². The third-order valence-corrected chi connectivity index (χ3v) is 3.45. The highest BCUT2D eigenvalue weighted by molar-refractivity contribution is 6.52. The third-order valence-electron chi connectivity index (χ3n) is 2.92. The van der Waals surface area contributed by atoms with Gasteiger partial charge in [0.15, 0.2) is 0 Å². The number of nitro benzene ring substituents is 1.